The van der Waals surface area contributed by atoms with E-state index in [2.05, 4.69) is 24.8 Å². The number of ether oxygens (including phenoxy) is 1. The van der Waals surface area contributed by atoms with Crippen molar-refractivity contribution in [2.75, 3.05) is 24.7 Å². The number of thiol groups is 1. The first-order valence-electron chi connectivity index (χ1n) is 15.0. The van der Waals surface area contributed by atoms with Gasteiger partial charge in [-0.25, -0.2) is 0 Å². The Hall–Kier alpha value is -3.12. The van der Waals surface area contributed by atoms with E-state index < -0.39 is 17.9 Å². The molecular weight excluding hydrogens is 606 g/mol. The lowest BCUT2D eigenvalue weighted by Gasteiger charge is -2.17. The number of ketones is 1. The lowest BCUT2D eigenvalue weighted by atomic mass is 9.85. The first-order valence-corrected chi connectivity index (χ1v) is 16.7. The van der Waals surface area contributed by atoms with Crippen LogP contribution in [0.4, 0.5) is 0 Å². The van der Waals surface area contributed by atoms with Crippen molar-refractivity contribution in [1.82, 2.24) is 4.90 Å². The number of allylic oxidation sites excluding steroid dienone is 2. The number of thioether (sulfide) groups is 1. The Morgan fingerprint density at radius 2 is 1.52 bits per heavy atom. The van der Waals surface area contributed by atoms with Gasteiger partial charge < -0.3 is 14.9 Å². The van der Waals surface area contributed by atoms with Crippen LogP contribution in [0, 0.1) is 23.7 Å². The summed E-state index contributed by atoms with van der Waals surface area (Å²) in [6.07, 6.45) is 7.65. The highest BCUT2D eigenvalue weighted by Crippen LogP contribution is 2.52. The fraction of sp³-hybridized carbons (Fsp3) is 0.562. The van der Waals surface area contributed by atoms with Crippen molar-refractivity contribution in [3.63, 3.8) is 0 Å². The molecule has 2 bridgehead atoms. The van der Waals surface area contributed by atoms with E-state index in [1.54, 1.807) is 0 Å². The molecule has 2 aliphatic carbocycles. The summed E-state index contributed by atoms with van der Waals surface area (Å²) in [6.45, 7) is 0.658. The van der Waals surface area contributed by atoms with Gasteiger partial charge in [-0.3, -0.25) is 33.7 Å². The van der Waals surface area contributed by atoms with Crippen LogP contribution in [0.3, 0.4) is 0 Å². The fourth-order valence-corrected chi connectivity index (χ4v) is 7.29. The van der Waals surface area contributed by atoms with E-state index in [9.17, 15) is 28.8 Å². The number of Topliss-reactive ketones (excluding diaryl/α,β-unsaturated/α-hetero) is 1. The normalized spacial score (nSPS) is 21.9. The SMILES string of the molecule is O=C(O)CCS.O=C(O)CCSC(CC(=O)CCC(=O)OCCCCCN1C(=O)[C@@H]2[C@H](C1=O)[C@H]1C=C[C@@H]2C1)c1ccccc1. The van der Waals surface area contributed by atoms with Crippen LogP contribution in [-0.2, 0) is 33.5 Å². The number of hydrogen-bond acceptors (Lipinski definition) is 9. The predicted molar refractivity (Wildman–Crippen MR) is 168 cm³/mol. The van der Waals surface area contributed by atoms with Gasteiger partial charge in [0.05, 0.1) is 37.7 Å². The van der Waals surface area contributed by atoms with Gasteiger partial charge in [0.2, 0.25) is 11.8 Å². The van der Waals surface area contributed by atoms with Crippen molar-refractivity contribution in [2.24, 2.45) is 23.7 Å². The minimum Gasteiger partial charge on any atom is -0.481 e. The molecular formula is C32H41NO9S2. The zero-order valence-corrected chi connectivity index (χ0v) is 26.4. The summed E-state index contributed by atoms with van der Waals surface area (Å²) < 4.78 is 5.27. The van der Waals surface area contributed by atoms with E-state index >= 15 is 0 Å². The number of carbonyl (C=O) groups is 6. The van der Waals surface area contributed by atoms with Gasteiger partial charge in [0.25, 0.3) is 0 Å². The molecule has 2 fully saturated rings. The van der Waals surface area contributed by atoms with Crippen LogP contribution < -0.4 is 0 Å². The number of benzene rings is 1. The molecule has 1 heterocycles. The summed E-state index contributed by atoms with van der Waals surface area (Å²) in [4.78, 5) is 71.9. The summed E-state index contributed by atoms with van der Waals surface area (Å²) >= 11 is 5.12. The first-order chi connectivity index (χ1) is 21.1. The van der Waals surface area contributed by atoms with Crippen molar-refractivity contribution in [3.8, 4) is 0 Å². The summed E-state index contributed by atoms with van der Waals surface area (Å²) in [5.41, 5.74) is 0.961. The molecule has 1 aliphatic heterocycles. The Kier molecular flexibility index (Phi) is 14.5. The van der Waals surface area contributed by atoms with Gasteiger partial charge in [-0.2, -0.15) is 24.4 Å². The van der Waals surface area contributed by atoms with E-state index in [1.165, 1.54) is 16.7 Å². The maximum absolute atomic E-state index is 12.7. The zero-order valence-electron chi connectivity index (χ0n) is 24.7. The van der Waals surface area contributed by atoms with Crippen LogP contribution in [0.15, 0.2) is 42.5 Å². The quantitative estimate of drug-likeness (QED) is 0.0678. The first kappa shape index (κ1) is 35.4. The molecule has 3 aliphatic rings. The number of rotatable bonds is 18. The molecule has 0 radical (unpaired) electrons. The molecule has 4 rings (SSSR count). The minimum atomic E-state index is -0.872. The van der Waals surface area contributed by atoms with Crippen molar-refractivity contribution in [2.45, 2.75) is 63.0 Å². The van der Waals surface area contributed by atoms with E-state index in [0.717, 1.165) is 18.4 Å². The molecule has 5 atom stereocenters. The molecule has 0 aromatic heterocycles. The van der Waals surface area contributed by atoms with Crippen LogP contribution >= 0.6 is 24.4 Å². The summed E-state index contributed by atoms with van der Waals surface area (Å²) in [6, 6.07) is 9.49. The van der Waals surface area contributed by atoms with E-state index in [1.807, 2.05) is 30.3 Å². The number of hydrogen-bond donors (Lipinski definition) is 3. The average molecular weight is 648 g/mol. The number of aliphatic carboxylic acids is 2. The Morgan fingerprint density at radius 3 is 2.09 bits per heavy atom. The Morgan fingerprint density at radius 1 is 0.886 bits per heavy atom. The molecule has 1 saturated heterocycles. The molecule has 12 heteroatoms. The van der Waals surface area contributed by atoms with Gasteiger partial charge in [-0.15, -0.1) is 0 Å². The number of imide groups is 1. The fourth-order valence-electron chi connectivity index (χ4n) is 5.87. The molecule has 44 heavy (non-hydrogen) atoms. The van der Waals surface area contributed by atoms with Crippen LogP contribution in [-0.4, -0.2) is 75.3 Å². The van der Waals surface area contributed by atoms with Crippen LogP contribution in [0.5, 0.6) is 0 Å². The summed E-state index contributed by atoms with van der Waals surface area (Å²) in [5.74, 6) is -1.24. The van der Waals surface area contributed by atoms with Gasteiger partial charge in [-0.1, -0.05) is 42.5 Å². The molecule has 2 N–H and O–H groups in total. The Balaban J connectivity index is 0.000000801. The van der Waals surface area contributed by atoms with Crippen LogP contribution in [0.2, 0.25) is 0 Å². The lowest BCUT2D eigenvalue weighted by Crippen LogP contribution is -2.33. The molecule has 1 saturated carbocycles. The number of unbranched alkanes of at least 4 members (excludes halogenated alkanes) is 2. The number of carboxylic acids is 2. The number of carboxylic acid groups (broad SMARTS) is 2. The Labute approximate surface area is 267 Å². The van der Waals surface area contributed by atoms with Gasteiger partial charge in [0, 0.05) is 36.1 Å². The second-order valence-electron chi connectivity index (χ2n) is 11.1. The van der Waals surface area contributed by atoms with Crippen molar-refractivity contribution in [1.29, 1.82) is 0 Å². The van der Waals surface area contributed by atoms with Crippen molar-refractivity contribution >= 4 is 59.9 Å². The third-order valence-electron chi connectivity index (χ3n) is 8.00. The highest BCUT2D eigenvalue weighted by Gasteiger charge is 2.58. The molecule has 2 amide bonds. The molecule has 1 aromatic carbocycles. The summed E-state index contributed by atoms with van der Waals surface area (Å²) in [7, 11) is 0. The number of likely N-dealkylation sites (tertiary alicyclic amines) is 1. The second-order valence-corrected chi connectivity index (χ2v) is 12.9. The van der Waals surface area contributed by atoms with E-state index in [0.29, 0.717) is 30.9 Å². The second kappa shape index (κ2) is 18.0. The van der Waals surface area contributed by atoms with Gasteiger partial charge >= 0.3 is 17.9 Å². The van der Waals surface area contributed by atoms with Gasteiger partial charge in [0.1, 0.15) is 5.78 Å². The van der Waals surface area contributed by atoms with E-state index in [4.69, 9.17) is 14.9 Å². The molecule has 1 aromatic rings. The number of amides is 2. The third kappa shape index (κ3) is 10.5. The monoisotopic (exact) mass is 647 g/mol. The standard InChI is InChI=1S/C29H35NO7S.C3H6O2S/c31-22(18-23(38-16-13-24(32)33)19-7-3-1-4-8-19)11-12-25(34)37-15-6-2-5-14-30-28(35)26-20-9-10-21(17-20)27(26)29(30)36;4-3(5)1-2-6/h1,3-4,7-10,20-21,23,26-27H,2,5-6,11-18H2,(H,32,33);6H,1-2H2,(H,4,5)/t20-,21+,23?,26+,27-;. The number of esters is 1. The third-order valence-corrected chi connectivity index (χ3v) is 9.51. The van der Waals surface area contributed by atoms with E-state index in [-0.39, 0.29) is 85.2 Å². The maximum Gasteiger partial charge on any atom is 0.306 e. The molecule has 0 spiro atoms. The van der Waals surface area contributed by atoms with Crippen molar-refractivity contribution < 1.29 is 43.7 Å². The minimum absolute atomic E-state index is 0.00998. The highest BCUT2D eigenvalue weighted by atomic mass is 32.2. The number of fused-ring (bicyclic) bond motifs is 5. The number of nitrogens with zero attached hydrogens (tertiary/aromatic N) is 1. The smallest absolute Gasteiger partial charge is 0.306 e. The molecule has 240 valence electrons. The Bertz CT molecular complexity index is 1180. The number of carbonyl (C=O) groups excluding carboxylic acids is 4. The van der Waals surface area contributed by atoms with Crippen molar-refractivity contribution in [3.05, 3.63) is 48.0 Å². The lowest BCUT2D eigenvalue weighted by molar-refractivity contribution is -0.145. The highest BCUT2D eigenvalue weighted by molar-refractivity contribution is 7.99. The van der Waals surface area contributed by atoms with Gasteiger partial charge in [0.15, 0.2) is 0 Å². The van der Waals surface area contributed by atoms with Crippen LogP contribution in [0.25, 0.3) is 0 Å². The largest absolute Gasteiger partial charge is 0.481 e. The zero-order chi connectivity index (χ0) is 32.1. The average Bonchev–Trinajstić information content (AvgIpc) is 3.68. The maximum atomic E-state index is 12.7. The predicted octanol–water partition coefficient (Wildman–Crippen LogP) is 4.59. The van der Waals surface area contributed by atoms with Crippen LogP contribution in [0.1, 0.15) is 68.6 Å². The van der Waals surface area contributed by atoms with Gasteiger partial charge in [-0.05, 0) is 43.1 Å². The molecule has 1 unspecified atom stereocenters. The topological polar surface area (TPSA) is 155 Å². The summed E-state index contributed by atoms with van der Waals surface area (Å²) in [5, 5.41) is 16.6. The molecule has 10 nitrogen and oxygen atoms in total.